The van der Waals surface area contributed by atoms with Gasteiger partial charge in [0.15, 0.2) is 8.32 Å². The van der Waals surface area contributed by atoms with Crippen molar-refractivity contribution in [3.63, 3.8) is 0 Å². The molecule has 0 bridgehead atoms. The van der Waals surface area contributed by atoms with Crippen molar-refractivity contribution in [1.82, 2.24) is 4.72 Å². The van der Waals surface area contributed by atoms with Crippen LogP contribution in [-0.4, -0.2) is 35.5 Å². The molecule has 2 aromatic carbocycles. The molecule has 1 heterocycles. The van der Waals surface area contributed by atoms with Crippen molar-refractivity contribution in [2.45, 2.75) is 69.6 Å². The molecule has 1 aliphatic rings. The highest BCUT2D eigenvalue weighted by atomic mass is 79.9. The fourth-order valence-corrected chi connectivity index (χ4v) is 6.58. The molecule has 0 aliphatic carbocycles. The highest BCUT2D eigenvalue weighted by Gasteiger charge is 2.41. The Kier molecular flexibility index (Phi) is 8.69. The maximum Gasteiger partial charge on any atom is 0.299 e. The van der Waals surface area contributed by atoms with Crippen LogP contribution in [0.15, 0.2) is 51.9 Å². The average molecular weight is 604 g/mol. The lowest BCUT2D eigenvalue weighted by atomic mass is 10.0. The molecule has 1 aliphatic heterocycles. The minimum atomic E-state index is -3.89. The molecule has 1 fully saturated rings. The van der Waals surface area contributed by atoms with Crippen LogP contribution in [0.4, 0.5) is 8.78 Å². The predicted molar refractivity (Wildman–Crippen MR) is 144 cm³/mol. The Morgan fingerprint density at radius 1 is 1.17 bits per heavy atom. The second-order valence-corrected chi connectivity index (χ2v) is 18.0. The minimum absolute atomic E-state index is 0.0188. The first-order valence-corrected chi connectivity index (χ1v) is 17.0. The second-order valence-electron chi connectivity index (χ2n) is 10.5. The number of nitrogens with one attached hydrogen (secondary N) is 1. The number of aliphatic imine (C=N–C) groups is 1. The summed E-state index contributed by atoms with van der Waals surface area (Å²) in [6, 6.07) is 9.13. The summed E-state index contributed by atoms with van der Waals surface area (Å²) in [4.78, 5) is 4.44. The van der Waals surface area contributed by atoms with Crippen molar-refractivity contribution in [1.29, 1.82) is 0 Å². The Hall–Kier alpha value is -1.82. The lowest BCUT2D eigenvalue weighted by Crippen LogP contribution is -2.47. The molecule has 0 radical (unpaired) electrons. The zero-order chi connectivity index (χ0) is 26.9. The lowest BCUT2D eigenvalue weighted by molar-refractivity contribution is 0.182. The highest BCUT2D eigenvalue weighted by molar-refractivity contribution is 9.10. The van der Waals surface area contributed by atoms with E-state index in [1.165, 1.54) is 6.07 Å². The smallest absolute Gasteiger partial charge is 0.299 e. The molecule has 2 aromatic rings. The number of amidine groups is 1. The van der Waals surface area contributed by atoms with Crippen LogP contribution in [0.2, 0.25) is 18.1 Å². The van der Waals surface area contributed by atoms with Crippen molar-refractivity contribution >= 4 is 40.3 Å². The number of benzene rings is 2. The number of ether oxygens (including phenoxy) is 1. The van der Waals surface area contributed by atoms with Crippen molar-refractivity contribution in [3.05, 3.63) is 69.7 Å². The third-order valence-electron chi connectivity index (χ3n) is 6.74. The molecule has 11 heteroatoms. The summed E-state index contributed by atoms with van der Waals surface area (Å²) in [5.41, 5.74) is 0.703. The van der Waals surface area contributed by atoms with Crippen molar-refractivity contribution in [2.75, 3.05) is 6.61 Å². The molecule has 3 rings (SSSR count). The standard InChI is InChI=1S/C25H33BrF2N2O4SSi/c1-16-23(17-7-9-18(26)10-8-17)35(31,32)30-24(34-16)29-22(20-12-11-19(27)15-21(20)28)13-14-33-36(5,6)25(2,3)4/h7-12,15-16,22-23H,13-14H2,1-6H3,(H,29,30). The highest BCUT2D eigenvalue weighted by Crippen LogP contribution is 2.37. The van der Waals surface area contributed by atoms with Crippen LogP contribution in [0.25, 0.3) is 0 Å². The molecule has 3 unspecified atom stereocenters. The first kappa shape index (κ1) is 28.7. The fourth-order valence-electron chi connectivity index (χ4n) is 3.70. The molecular weight excluding hydrogens is 570 g/mol. The van der Waals surface area contributed by atoms with E-state index < -0.39 is 47.4 Å². The van der Waals surface area contributed by atoms with Crippen LogP contribution in [-0.2, 0) is 19.2 Å². The molecular formula is C25H33BrF2N2O4SSi. The summed E-state index contributed by atoms with van der Waals surface area (Å²) in [5.74, 6) is -1.48. The van der Waals surface area contributed by atoms with Crippen molar-refractivity contribution < 1.29 is 26.4 Å². The summed E-state index contributed by atoms with van der Waals surface area (Å²) >= 11 is 3.35. The van der Waals surface area contributed by atoms with Gasteiger partial charge < -0.3 is 9.16 Å². The van der Waals surface area contributed by atoms with Gasteiger partial charge in [0.25, 0.3) is 6.02 Å². The summed E-state index contributed by atoms with van der Waals surface area (Å²) in [6.07, 6.45) is -0.493. The Balaban J connectivity index is 1.89. The molecule has 6 nitrogen and oxygen atoms in total. The Morgan fingerprint density at radius 3 is 2.36 bits per heavy atom. The number of sulfonamides is 1. The summed E-state index contributed by atoms with van der Waals surface area (Å²) in [7, 11) is -5.98. The van der Waals surface area contributed by atoms with Crippen LogP contribution in [0, 0.1) is 11.6 Å². The monoisotopic (exact) mass is 602 g/mol. The van der Waals surface area contributed by atoms with Crippen molar-refractivity contribution in [2.24, 2.45) is 4.99 Å². The van der Waals surface area contributed by atoms with Gasteiger partial charge in [-0.05, 0) is 55.2 Å². The SMILES string of the molecule is CC1OC(=NC(CCO[Si](C)(C)C(C)(C)C)c2ccc(F)cc2F)NS(=O)(=O)C1c1ccc(Br)cc1. The van der Waals surface area contributed by atoms with Crippen LogP contribution >= 0.6 is 15.9 Å². The lowest BCUT2D eigenvalue weighted by Gasteiger charge is -2.36. The Labute approximate surface area is 221 Å². The van der Waals surface area contributed by atoms with Crippen LogP contribution in [0.5, 0.6) is 0 Å². The van der Waals surface area contributed by atoms with Crippen LogP contribution in [0.1, 0.15) is 56.5 Å². The molecule has 36 heavy (non-hydrogen) atoms. The van der Waals surface area contributed by atoms with Gasteiger partial charge in [0, 0.05) is 22.7 Å². The number of nitrogens with zero attached hydrogens (tertiary/aromatic N) is 1. The fraction of sp³-hybridized carbons (Fsp3) is 0.480. The molecule has 3 atom stereocenters. The van der Waals surface area contributed by atoms with E-state index in [0.29, 0.717) is 5.56 Å². The van der Waals surface area contributed by atoms with Crippen LogP contribution in [0.3, 0.4) is 0 Å². The molecule has 0 aromatic heterocycles. The van der Waals surface area contributed by atoms with E-state index in [4.69, 9.17) is 9.16 Å². The van der Waals surface area contributed by atoms with E-state index in [0.717, 1.165) is 16.6 Å². The largest absolute Gasteiger partial charge is 0.460 e. The van der Waals surface area contributed by atoms with Gasteiger partial charge in [-0.3, -0.25) is 0 Å². The van der Waals surface area contributed by atoms with E-state index >= 15 is 0 Å². The molecule has 0 spiro atoms. The third kappa shape index (κ3) is 6.73. The molecule has 0 saturated carbocycles. The molecule has 0 amide bonds. The first-order chi connectivity index (χ1) is 16.6. The number of hydrogen-bond acceptors (Lipinski definition) is 5. The minimum Gasteiger partial charge on any atom is -0.460 e. The Bertz CT molecular complexity index is 1220. The zero-order valence-corrected chi connectivity index (χ0v) is 24.7. The van der Waals surface area contributed by atoms with E-state index in [1.54, 1.807) is 31.2 Å². The summed E-state index contributed by atoms with van der Waals surface area (Å²) in [5, 5.41) is -0.970. The number of hydrogen-bond donors (Lipinski definition) is 1. The average Bonchev–Trinajstić information content (AvgIpc) is 2.72. The van der Waals surface area contributed by atoms with Gasteiger partial charge in [0.2, 0.25) is 10.0 Å². The van der Waals surface area contributed by atoms with E-state index in [9.17, 15) is 17.2 Å². The van der Waals surface area contributed by atoms with E-state index in [1.807, 2.05) is 0 Å². The predicted octanol–water partition coefficient (Wildman–Crippen LogP) is 6.62. The van der Waals surface area contributed by atoms with Gasteiger partial charge in [0.1, 0.15) is 23.0 Å². The maximum absolute atomic E-state index is 14.7. The van der Waals surface area contributed by atoms with Gasteiger partial charge >= 0.3 is 0 Å². The van der Waals surface area contributed by atoms with E-state index in [-0.39, 0.29) is 29.7 Å². The number of rotatable bonds is 7. The Morgan fingerprint density at radius 2 is 1.81 bits per heavy atom. The normalized spacial score (nSPS) is 22.1. The molecule has 1 saturated heterocycles. The topological polar surface area (TPSA) is 77.0 Å². The summed E-state index contributed by atoms with van der Waals surface area (Å²) in [6.45, 7) is 12.5. The van der Waals surface area contributed by atoms with Gasteiger partial charge in [-0.2, -0.15) is 0 Å². The van der Waals surface area contributed by atoms with Gasteiger partial charge in [-0.15, -0.1) is 0 Å². The second kappa shape index (κ2) is 10.9. The third-order valence-corrected chi connectivity index (χ3v) is 13.6. The number of halogens is 3. The first-order valence-electron chi connectivity index (χ1n) is 11.7. The van der Waals surface area contributed by atoms with Gasteiger partial charge in [-0.25, -0.2) is 26.9 Å². The summed E-state index contributed by atoms with van der Waals surface area (Å²) < 4.78 is 69.9. The van der Waals surface area contributed by atoms with Gasteiger partial charge in [-0.1, -0.05) is 54.9 Å². The maximum atomic E-state index is 14.7. The van der Waals surface area contributed by atoms with Crippen molar-refractivity contribution in [3.8, 4) is 0 Å². The van der Waals surface area contributed by atoms with E-state index in [2.05, 4.69) is 59.5 Å². The van der Waals surface area contributed by atoms with Gasteiger partial charge in [0.05, 0.1) is 6.04 Å². The molecule has 198 valence electrons. The molecule has 1 N–H and O–H groups in total. The quantitative estimate of drug-likeness (QED) is 0.361. The van der Waals surface area contributed by atoms with Crippen LogP contribution < -0.4 is 4.72 Å². The zero-order valence-electron chi connectivity index (χ0n) is 21.3.